The molecule has 0 saturated carbocycles. The molecule has 1 N–H and O–H groups in total. The maximum absolute atomic E-state index is 12.6. The molecule has 1 atom stereocenters. The van der Waals surface area contributed by atoms with E-state index in [2.05, 4.69) is 21.5 Å². The second-order valence-electron chi connectivity index (χ2n) is 6.40. The third kappa shape index (κ3) is 4.34. The molecule has 0 saturated heterocycles. The summed E-state index contributed by atoms with van der Waals surface area (Å²) in [7, 11) is 0. The van der Waals surface area contributed by atoms with Gasteiger partial charge in [0.15, 0.2) is 0 Å². The van der Waals surface area contributed by atoms with E-state index < -0.39 is 6.04 Å². The smallest absolute Gasteiger partial charge is 0.252 e. The molecule has 4 rings (SSSR count). The van der Waals surface area contributed by atoms with Crippen molar-refractivity contribution in [2.24, 2.45) is 0 Å². The second-order valence-corrected chi connectivity index (χ2v) is 6.40. The fourth-order valence-electron chi connectivity index (χ4n) is 2.83. The number of hydrogen-bond acceptors (Lipinski definition) is 5. The first-order valence-corrected chi connectivity index (χ1v) is 9.21. The van der Waals surface area contributed by atoms with Crippen molar-refractivity contribution >= 4 is 5.91 Å². The van der Waals surface area contributed by atoms with Gasteiger partial charge in [-0.15, -0.1) is 0 Å². The van der Waals surface area contributed by atoms with Gasteiger partial charge in [0, 0.05) is 23.5 Å². The number of rotatable bonds is 6. The fraction of sp³-hybridized carbons (Fsp3) is 0.0435. The number of hydrogen-bond donors (Lipinski definition) is 1. The molecule has 0 bridgehead atoms. The van der Waals surface area contributed by atoms with E-state index in [1.165, 1.54) is 0 Å². The lowest BCUT2D eigenvalue weighted by atomic mass is 10.1. The molecule has 146 valence electrons. The fourth-order valence-corrected chi connectivity index (χ4v) is 2.83. The molecule has 4 aromatic rings. The van der Waals surface area contributed by atoms with Gasteiger partial charge in [-0.25, -0.2) is 4.68 Å². The molecule has 0 fully saturated rings. The maximum Gasteiger partial charge on any atom is 0.252 e. The summed E-state index contributed by atoms with van der Waals surface area (Å²) < 4.78 is 7.33. The van der Waals surface area contributed by atoms with Crippen molar-refractivity contribution in [1.29, 1.82) is 5.26 Å². The Labute approximate surface area is 173 Å². The van der Waals surface area contributed by atoms with Crippen LogP contribution in [0.5, 0.6) is 11.5 Å². The number of aromatic nitrogens is 3. The maximum atomic E-state index is 12.6. The Hall–Kier alpha value is -4.44. The predicted octanol–water partition coefficient (Wildman–Crippen LogP) is 4.05. The molecule has 0 spiro atoms. The summed E-state index contributed by atoms with van der Waals surface area (Å²) in [5, 5.41) is 16.5. The summed E-state index contributed by atoms with van der Waals surface area (Å²) in [5.74, 6) is 0.831. The third-order valence-electron chi connectivity index (χ3n) is 4.35. The minimum atomic E-state index is -0.818. The summed E-state index contributed by atoms with van der Waals surface area (Å²) in [6, 6.07) is 21.1. The average molecular weight is 395 g/mol. The lowest BCUT2D eigenvalue weighted by molar-refractivity contribution is 0.0945. The number of nitrogens with zero attached hydrogens (tertiary/aromatic N) is 4. The van der Waals surface area contributed by atoms with E-state index in [1.54, 1.807) is 65.9 Å². The number of nitrogens with one attached hydrogen (secondary N) is 1. The third-order valence-corrected chi connectivity index (χ3v) is 4.35. The van der Waals surface area contributed by atoms with E-state index >= 15 is 0 Å². The highest BCUT2D eigenvalue weighted by atomic mass is 16.5. The molecule has 0 aliphatic carbocycles. The molecule has 0 aliphatic heterocycles. The lowest BCUT2D eigenvalue weighted by Gasteiger charge is -2.10. The SMILES string of the molecule is N#CC(NC(=O)c1ccc(Oc2cccnc2)cc1)c1cnn(-c2ccccc2)c1. The highest BCUT2D eigenvalue weighted by molar-refractivity contribution is 5.94. The first-order valence-electron chi connectivity index (χ1n) is 9.21. The van der Waals surface area contributed by atoms with Crippen molar-refractivity contribution in [3.63, 3.8) is 0 Å². The average Bonchev–Trinajstić information content (AvgIpc) is 3.29. The van der Waals surface area contributed by atoms with Crippen LogP contribution in [0.3, 0.4) is 0 Å². The number of carbonyl (C=O) groups is 1. The van der Waals surface area contributed by atoms with E-state index in [-0.39, 0.29) is 5.91 Å². The standard InChI is InChI=1S/C23H17N5O2/c24-13-22(18-14-26-28(16-18)19-5-2-1-3-6-19)27-23(29)17-8-10-20(11-9-17)30-21-7-4-12-25-15-21/h1-12,14-16,22H,(H,27,29). The molecule has 7 heteroatoms. The van der Waals surface area contributed by atoms with Crippen molar-refractivity contribution in [3.8, 4) is 23.3 Å². The Bertz CT molecular complexity index is 1170. The molecular weight excluding hydrogens is 378 g/mol. The molecule has 1 amide bonds. The molecule has 0 aliphatic rings. The van der Waals surface area contributed by atoms with Gasteiger partial charge in [-0.3, -0.25) is 9.78 Å². The van der Waals surface area contributed by atoms with Gasteiger partial charge in [-0.05, 0) is 48.5 Å². The topological polar surface area (TPSA) is 92.8 Å². The number of para-hydroxylation sites is 1. The quantitative estimate of drug-likeness (QED) is 0.532. The van der Waals surface area contributed by atoms with Crippen molar-refractivity contribution in [2.75, 3.05) is 0 Å². The lowest BCUT2D eigenvalue weighted by Crippen LogP contribution is -2.27. The van der Waals surface area contributed by atoms with Gasteiger partial charge < -0.3 is 10.1 Å². The van der Waals surface area contributed by atoms with Crippen LogP contribution in [0.25, 0.3) is 5.69 Å². The zero-order valence-corrected chi connectivity index (χ0v) is 15.8. The van der Waals surface area contributed by atoms with Gasteiger partial charge >= 0.3 is 0 Å². The van der Waals surface area contributed by atoms with Gasteiger partial charge in [0.25, 0.3) is 5.91 Å². The Balaban J connectivity index is 1.43. The minimum Gasteiger partial charge on any atom is -0.456 e. The van der Waals surface area contributed by atoms with E-state index in [1.807, 2.05) is 30.3 Å². The summed E-state index contributed by atoms with van der Waals surface area (Å²) in [6.45, 7) is 0. The van der Waals surface area contributed by atoms with Crippen molar-refractivity contribution in [3.05, 3.63) is 103 Å². The van der Waals surface area contributed by atoms with Crippen LogP contribution in [0.4, 0.5) is 0 Å². The van der Waals surface area contributed by atoms with Crippen LogP contribution in [0.2, 0.25) is 0 Å². The van der Waals surface area contributed by atoms with Gasteiger partial charge in [0.2, 0.25) is 0 Å². The van der Waals surface area contributed by atoms with Crippen LogP contribution in [-0.4, -0.2) is 20.7 Å². The summed E-state index contributed by atoms with van der Waals surface area (Å²) in [6.07, 6.45) is 6.57. The van der Waals surface area contributed by atoms with E-state index in [4.69, 9.17) is 4.74 Å². The Morgan fingerprint density at radius 3 is 2.50 bits per heavy atom. The molecule has 0 radical (unpaired) electrons. The zero-order chi connectivity index (χ0) is 20.8. The van der Waals surface area contributed by atoms with E-state index in [0.29, 0.717) is 22.6 Å². The van der Waals surface area contributed by atoms with E-state index in [0.717, 1.165) is 5.69 Å². The normalized spacial score (nSPS) is 11.3. The molecule has 30 heavy (non-hydrogen) atoms. The van der Waals surface area contributed by atoms with Crippen molar-refractivity contribution in [2.45, 2.75) is 6.04 Å². The molecule has 7 nitrogen and oxygen atoms in total. The summed E-state index contributed by atoms with van der Waals surface area (Å²) in [5.41, 5.74) is 1.89. The Kier molecular flexibility index (Phi) is 5.49. The second kappa shape index (κ2) is 8.71. The minimum absolute atomic E-state index is 0.359. The summed E-state index contributed by atoms with van der Waals surface area (Å²) in [4.78, 5) is 16.6. The van der Waals surface area contributed by atoms with E-state index in [9.17, 15) is 10.1 Å². The molecule has 2 heterocycles. The number of pyridine rings is 1. The monoisotopic (exact) mass is 395 g/mol. The van der Waals surface area contributed by atoms with Crippen LogP contribution in [-0.2, 0) is 0 Å². The molecular formula is C23H17N5O2. The first kappa shape index (κ1) is 18.9. The highest BCUT2D eigenvalue weighted by Gasteiger charge is 2.17. The summed E-state index contributed by atoms with van der Waals surface area (Å²) >= 11 is 0. The number of nitriles is 1. The van der Waals surface area contributed by atoms with Crippen molar-refractivity contribution < 1.29 is 9.53 Å². The zero-order valence-electron chi connectivity index (χ0n) is 15.8. The van der Waals surface area contributed by atoms with Gasteiger partial charge in [0.1, 0.15) is 17.5 Å². The predicted molar refractivity (Wildman–Crippen MR) is 110 cm³/mol. The van der Waals surface area contributed by atoms with Crippen molar-refractivity contribution in [1.82, 2.24) is 20.1 Å². The number of ether oxygens (including phenoxy) is 1. The largest absolute Gasteiger partial charge is 0.456 e. The van der Waals surface area contributed by atoms with Crippen LogP contribution < -0.4 is 10.1 Å². The van der Waals surface area contributed by atoms with Crippen LogP contribution in [0, 0.1) is 11.3 Å². The first-order chi connectivity index (χ1) is 14.7. The molecule has 1 unspecified atom stereocenters. The van der Waals surface area contributed by atoms with Crippen LogP contribution >= 0.6 is 0 Å². The van der Waals surface area contributed by atoms with Gasteiger partial charge in [-0.2, -0.15) is 10.4 Å². The van der Waals surface area contributed by atoms with Gasteiger partial charge in [-0.1, -0.05) is 18.2 Å². The number of benzene rings is 2. The molecule has 2 aromatic heterocycles. The Morgan fingerprint density at radius 2 is 1.80 bits per heavy atom. The number of carbonyl (C=O) groups excluding carboxylic acids is 1. The highest BCUT2D eigenvalue weighted by Crippen LogP contribution is 2.21. The van der Waals surface area contributed by atoms with Crippen LogP contribution in [0.1, 0.15) is 22.0 Å². The van der Waals surface area contributed by atoms with Gasteiger partial charge in [0.05, 0.1) is 24.2 Å². The van der Waals surface area contributed by atoms with Crippen LogP contribution in [0.15, 0.2) is 91.5 Å². The molecule has 2 aromatic carbocycles. The Morgan fingerprint density at radius 1 is 1.00 bits per heavy atom. The number of amides is 1.